The van der Waals surface area contributed by atoms with Crippen molar-refractivity contribution in [2.45, 2.75) is 58.7 Å². The molecule has 0 aromatic heterocycles. The van der Waals surface area contributed by atoms with E-state index in [0.717, 1.165) is 17.5 Å². The van der Waals surface area contributed by atoms with Gasteiger partial charge >= 0.3 is 0 Å². The second kappa shape index (κ2) is 10.8. The molecular weight excluding hydrogens is 384 g/mol. The maximum Gasteiger partial charge on any atom is 0.242 e. The molecule has 3 aromatic rings. The number of carbonyl (C=O) groups is 2. The summed E-state index contributed by atoms with van der Waals surface area (Å²) in [4.78, 5) is 27.8. The van der Waals surface area contributed by atoms with Crippen molar-refractivity contribution in [1.29, 1.82) is 0 Å². The summed E-state index contributed by atoms with van der Waals surface area (Å²) in [5.41, 5.74) is 2.17. The molecule has 2 atom stereocenters. The van der Waals surface area contributed by atoms with Crippen LogP contribution < -0.4 is 5.32 Å². The summed E-state index contributed by atoms with van der Waals surface area (Å²) in [7, 11) is 0. The third kappa shape index (κ3) is 5.94. The maximum absolute atomic E-state index is 13.3. The van der Waals surface area contributed by atoms with E-state index in [4.69, 9.17) is 0 Å². The van der Waals surface area contributed by atoms with E-state index in [1.54, 1.807) is 4.90 Å². The average Bonchev–Trinajstić information content (AvgIpc) is 2.81. The minimum atomic E-state index is -0.533. The zero-order valence-electron chi connectivity index (χ0n) is 18.7. The molecule has 0 saturated carbocycles. The lowest BCUT2D eigenvalue weighted by Crippen LogP contribution is -2.49. The maximum atomic E-state index is 13.3. The first-order chi connectivity index (χ1) is 15.0. The third-order valence-corrected chi connectivity index (χ3v) is 5.85. The fourth-order valence-corrected chi connectivity index (χ4v) is 3.72. The van der Waals surface area contributed by atoms with Gasteiger partial charge in [-0.25, -0.2) is 0 Å². The molecule has 0 saturated heterocycles. The first-order valence-corrected chi connectivity index (χ1v) is 11.1. The van der Waals surface area contributed by atoms with E-state index in [-0.39, 0.29) is 17.9 Å². The van der Waals surface area contributed by atoms with Crippen molar-refractivity contribution >= 4 is 22.6 Å². The lowest BCUT2D eigenvalue weighted by atomic mass is 10.0. The Hall–Kier alpha value is -3.14. The predicted molar refractivity (Wildman–Crippen MR) is 127 cm³/mol. The lowest BCUT2D eigenvalue weighted by Gasteiger charge is -2.30. The second-order valence-corrected chi connectivity index (χ2v) is 8.14. The fourth-order valence-electron chi connectivity index (χ4n) is 3.72. The van der Waals surface area contributed by atoms with Gasteiger partial charge in [0.1, 0.15) is 6.04 Å². The minimum Gasteiger partial charge on any atom is -0.352 e. The monoisotopic (exact) mass is 416 g/mol. The first kappa shape index (κ1) is 22.5. The molecule has 0 aliphatic carbocycles. The summed E-state index contributed by atoms with van der Waals surface area (Å²) in [5, 5.41) is 5.37. The van der Waals surface area contributed by atoms with Crippen molar-refractivity contribution in [3.05, 3.63) is 83.9 Å². The van der Waals surface area contributed by atoms with Gasteiger partial charge in [0, 0.05) is 19.0 Å². The van der Waals surface area contributed by atoms with Crippen LogP contribution in [-0.4, -0.2) is 28.8 Å². The molecule has 4 nitrogen and oxygen atoms in total. The first-order valence-electron chi connectivity index (χ1n) is 11.1. The van der Waals surface area contributed by atoms with Crippen molar-refractivity contribution in [2.24, 2.45) is 0 Å². The summed E-state index contributed by atoms with van der Waals surface area (Å²) in [5.74, 6) is -0.118. The Morgan fingerprint density at radius 1 is 0.903 bits per heavy atom. The number of fused-ring (bicyclic) bond motifs is 1. The van der Waals surface area contributed by atoms with E-state index in [0.29, 0.717) is 19.4 Å². The summed E-state index contributed by atoms with van der Waals surface area (Å²) in [6.45, 7) is 6.25. The topological polar surface area (TPSA) is 49.4 Å². The molecule has 0 fully saturated rings. The van der Waals surface area contributed by atoms with Gasteiger partial charge in [-0.1, -0.05) is 79.7 Å². The lowest BCUT2D eigenvalue weighted by molar-refractivity contribution is -0.140. The molecule has 3 aromatic carbocycles. The SMILES string of the molecule is CC[C@H](C)NC(=O)[C@H](C)N(Cc1ccccc1)C(=O)CCc1cccc2ccccc12. The standard InChI is InChI=1S/C27H32N2O2/c1-4-20(2)28-27(31)21(3)29(19-22-11-6-5-7-12-22)26(30)18-17-24-15-10-14-23-13-8-9-16-25(23)24/h5-16,20-21H,4,17-19H2,1-3H3,(H,28,31)/t20-,21-/m0/s1. The van der Waals surface area contributed by atoms with Gasteiger partial charge in [-0.2, -0.15) is 0 Å². The van der Waals surface area contributed by atoms with Gasteiger partial charge < -0.3 is 10.2 Å². The van der Waals surface area contributed by atoms with Gasteiger partial charge in [0.25, 0.3) is 0 Å². The third-order valence-electron chi connectivity index (χ3n) is 5.85. The molecule has 4 heteroatoms. The van der Waals surface area contributed by atoms with E-state index in [2.05, 4.69) is 29.6 Å². The summed E-state index contributed by atoms with van der Waals surface area (Å²) in [6, 6.07) is 23.8. The van der Waals surface area contributed by atoms with Crippen LogP contribution in [0, 0.1) is 0 Å². The molecule has 0 unspecified atom stereocenters. The predicted octanol–water partition coefficient (Wildman–Crippen LogP) is 5.10. The molecule has 0 radical (unpaired) electrons. The van der Waals surface area contributed by atoms with E-state index in [1.807, 2.05) is 69.3 Å². The van der Waals surface area contributed by atoms with Crippen LogP contribution in [0.25, 0.3) is 10.8 Å². The molecule has 0 aliphatic heterocycles. The van der Waals surface area contributed by atoms with Crippen LogP contribution >= 0.6 is 0 Å². The van der Waals surface area contributed by atoms with Gasteiger partial charge in [-0.3, -0.25) is 9.59 Å². The number of rotatable bonds is 9. The molecule has 2 amide bonds. The summed E-state index contributed by atoms with van der Waals surface area (Å²) >= 11 is 0. The van der Waals surface area contributed by atoms with Crippen LogP contribution in [0.5, 0.6) is 0 Å². The van der Waals surface area contributed by atoms with Crippen LogP contribution in [0.2, 0.25) is 0 Å². The van der Waals surface area contributed by atoms with Gasteiger partial charge in [-0.15, -0.1) is 0 Å². The highest BCUT2D eigenvalue weighted by molar-refractivity contribution is 5.89. The minimum absolute atomic E-state index is 0.0106. The van der Waals surface area contributed by atoms with E-state index in [1.165, 1.54) is 10.8 Å². The highest BCUT2D eigenvalue weighted by Gasteiger charge is 2.26. The van der Waals surface area contributed by atoms with E-state index < -0.39 is 6.04 Å². The normalized spacial score (nSPS) is 12.9. The van der Waals surface area contributed by atoms with Crippen molar-refractivity contribution in [3.8, 4) is 0 Å². The number of hydrogen-bond donors (Lipinski definition) is 1. The Balaban J connectivity index is 1.77. The Labute approximate surface area is 185 Å². The van der Waals surface area contributed by atoms with Gasteiger partial charge in [0.2, 0.25) is 11.8 Å². The number of nitrogens with zero attached hydrogens (tertiary/aromatic N) is 1. The van der Waals surface area contributed by atoms with Crippen LogP contribution in [0.15, 0.2) is 72.8 Å². The van der Waals surface area contributed by atoms with Crippen LogP contribution in [0.1, 0.15) is 44.7 Å². The fraction of sp³-hybridized carbons (Fsp3) is 0.333. The molecule has 31 heavy (non-hydrogen) atoms. The van der Waals surface area contributed by atoms with Crippen molar-refractivity contribution < 1.29 is 9.59 Å². The summed E-state index contributed by atoms with van der Waals surface area (Å²) in [6.07, 6.45) is 1.86. The molecule has 0 heterocycles. The Kier molecular flexibility index (Phi) is 7.82. The van der Waals surface area contributed by atoms with Gasteiger partial charge in [0.15, 0.2) is 0 Å². The van der Waals surface area contributed by atoms with Crippen LogP contribution in [-0.2, 0) is 22.6 Å². The average molecular weight is 417 g/mol. The zero-order chi connectivity index (χ0) is 22.2. The number of benzene rings is 3. The Morgan fingerprint density at radius 2 is 1.58 bits per heavy atom. The highest BCUT2D eigenvalue weighted by atomic mass is 16.2. The molecule has 0 bridgehead atoms. The number of hydrogen-bond acceptors (Lipinski definition) is 2. The summed E-state index contributed by atoms with van der Waals surface area (Å²) < 4.78 is 0. The molecule has 0 aliphatic rings. The van der Waals surface area contributed by atoms with Gasteiger partial charge in [0.05, 0.1) is 0 Å². The van der Waals surface area contributed by atoms with Crippen molar-refractivity contribution in [1.82, 2.24) is 10.2 Å². The van der Waals surface area contributed by atoms with E-state index in [9.17, 15) is 9.59 Å². The molecular formula is C27H32N2O2. The van der Waals surface area contributed by atoms with Crippen molar-refractivity contribution in [2.75, 3.05) is 0 Å². The number of carbonyl (C=O) groups excluding carboxylic acids is 2. The van der Waals surface area contributed by atoms with Crippen LogP contribution in [0.3, 0.4) is 0 Å². The van der Waals surface area contributed by atoms with Crippen LogP contribution in [0.4, 0.5) is 0 Å². The molecule has 3 rings (SSSR count). The highest BCUT2D eigenvalue weighted by Crippen LogP contribution is 2.21. The molecule has 0 spiro atoms. The zero-order valence-corrected chi connectivity index (χ0v) is 18.7. The largest absolute Gasteiger partial charge is 0.352 e. The smallest absolute Gasteiger partial charge is 0.242 e. The van der Waals surface area contributed by atoms with Gasteiger partial charge in [-0.05, 0) is 48.6 Å². The number of aryl methyl sites for hydroxylation is 1. The molecule has 162 valence electrons. The van der Waals surface area contributed by atoms with E-state index >= 15 is 0 Å². The second-order valence-electron chi connectivity index (χ2n) is 8.14. The van der Waals surface area contributed by atoms with Crippen molar-refractivity contribution in [3.63, 3.8) is 0 Å². The number of nitrogens with one attached hydrogen (secondary N) is 1. The Bertz CT molecular complexity index is 1010. The Morgan fingerprint density at radius 3 is 2.32 bits per heavy atom. The number of amides is 2. The quantitative estimate of drug-likeness (QED) is 0.527. The molecule has 1 N–H and O–H groups in total.